The molecule has 1 amide bonds. The number of nitrogen functional groups attached to an aromatic ring is 1. The van der Waals surface area contributed by atoms with Gasteiger partial charge in [0, 0.05) is 54.6 Å². The van der Waals surface area contributed by atoms with Gasteiger partial charge < -0.3 is 15.2 Å². The van der Waals surface area contributed by atoms with Crippen LogP contribution >= 0.6 is 11.3 Å². The number of thiophene rings is 1. The smallest absolute Gasteiger partial charge is 0.225 e. The van der Waals surface area contributed by atoms with E-state index in [1.807, 2.05) is 48.0 Å². The van der Waals surface area contributed by atoms with Crippen LogP contribution in [0.3, 0.4) is 0 Å². The van der Waals surface area contributed by atoms with Crippen molar-refractivity contribution in [2.45, 2.75) is 38.3 Å². The second-order valence-electron chi connectivity index (χ2n) is 9.77. The van der Waals surface area contributed by atoms with E-state index in [0.29, 0.717) is 5.91 Å². The first kappa shape index (κ1) is 23.1. The molecule has 4 aromatic rings. The molecule has 4 aromatic heterocycles. The Morgan fingerprint density at radius 2 is 1.78 bits per heavy atom. The lowest BCUT2D eigenvalue weighted by atomic mass is 9.93. The van der Waals surface area contributed by atoms with Gasteiger partial charge in [0.15, 0.2) is 11.5 Å². The Morgan fingerprint density at radius 3 is 2.50 bits per heavy atom. The molecule has 0 aromatic carbocycles. The fourth-order valence-electron chi connectivity index (χ4n) is 5.57. The van der Waals surface area contributed by atoms with Gasteiger partial charge in [0.1, 0.15) is 11.2 Å². The summed E-state index contributed by atoms with van der Waals surface area (Å²) in [6.45, 7) is 4.32. The maximum absolute atomic E-state index is 13.4. The van der Waals surface area contributed by atoms with E-state index in [1.54, 1.807) is 17.5 Å². The van der Waals surface area contributed by atoms with Crippen LogP contribution in [0, 0.1) is 5.92 Å². The highest BCUT2D eigenvalue weighted by molar-refractivity contribution is 7.10. The molecule has 0 saturated carbocycles. The number of carbonyl (C=O) groups excluding carboxylic acids is 1. The first-order chi connectivity index (χ1) is 17.7. The van der Waals surface area contributed by atoms with Gasteiger partial charge in [0.05, 0.1) is 0 Å². The summed E-state index contributed by atoms with van der Waals surface area (Å²) >= 11 is 1.72. The van der Waals surface area contributed by atoms with E-state index in [4.69, 9.17) is 10.7 Å². The maximum atomic E-state index is 13.4. The van der Waals surface area contributed by atoms with Crippen LogP contribution in [0.2, 0.25) is 0 Å². The Hall–Kier alpha value is -3.30. The van der Waals surface area contributed by atoms with E-state index < -0.39 is 0 Å². The second-order valence-corrected chi connectivity index (χ2v) is 10.8. The van der Waals surface area contributed by atoms with Crippen molar-refractivity contribution in [3.63, 3.8) is 0 Å². The monoisotopic (exact) mass is 501 g/mol. The molecule has 0 bridgehead atoms. The standard InChI is InChI=1S/C27H31N7OS/c28-21-10-17-36-24(21)18-32-13-6-19(7-14-32)27(35)33-15-8-20(9-16-33)34-25-23(5-3-12-30-25)31-26(34)22-4-1-2-11-29-22/h1-5,10-12,17,19-20H,6-9,13-16,18,28H2. The van der Waals surface area contributed by atoms with Crippen molar-refractivity contribution in [3.05, 3.63) is 59.0 Å². The molecule has 0 radical (unpaired) electrons. The number of pyridine rings is 2. The van der Waals surface area contributed by atoms with E-state index >= 15 is 0 Å². The first-order valence-electron chi connectivity index (χ1n) is 12.7. The third kappa shape index (κ3) is 4.49. The number of hydrogen-bond donors (Lipinski definition) is 1. The van der Waals surface area contributed by atoms with Crippen LogP contribution in [0.4, 0.5) is 5.69 Å². The predicted octanol–water partition coefficient (Wildman–Crippen LogP) is 4.21. The minimum absolute atomic E-state index is 0.123. The number of piperidine rings is 2. The molecule has 186 valence electrons. The zero-order valence-corrected chi connectivity index (χ0v) is 21.1. The Labute approximate surface area is 214 Å². The van der Waals surface area contributed by atoms with Crippen molar-refractivity contribution >= 4 is 34.1 Å². The quantitative estimate of drug-likeness (QED) is 0.440. The van der Waals surface area contributed by atoms with Crippen molar-refractivity contribution in [1.29, 1.82) is 0 Å². The van der Waals surface area contributed by atoms with Crippen molar-refractivity contribution < 1.29 is 4.79 Å². The largest absolute Gasteiger partial charge is 0.398 e. The Bertz CT molecular complexity index is 1330. The Morgan fingerprint density at radius 1 is 0.972 bits per heavy atom. The summed E-state index contributed by atoms with van der Waals surface area (Å²) in [4.78, 5) is 33.2. The highest BCUT2D eigenvalue weighted by atomic mass is 32.1. The molecule has 0 atom stereocenters. The van der Waals surface area contributed by atoms with Gasteiger partial charge in [-0.3, -0.25) is 14.7 Å². The van der Waals surface area contributed by atoms with E-state index in [0.717, 1.165) is 86.8 Å². The van der Waals surface area contributed by atoms with Gasteiger partial charge in [-0.1, -0.05) is 6.07 Å². The van der Waals surface area contributed by atoms with Crippen molar-refractivity contribution in [2.75, 3.05) is 31.9 Å². The van der Waals surface area contributed by atoms with Gasteiger partial charge in [-0.25, -0.2) is 9.97 Å². The van der Waals surface area contributed by atoms with E-state index in [2.05, 4.69) is 24.3 Å². The minimum Gasteiger partial charge on any atom is -0.398 e. The minimum atomic E-state index is 0.123. The zero-order valence-electron chi connectivity index (χ0n) is 20.3. The second kappa shape index (κ2) is 9.99. The van der Waals surface area contributed by atoms with E-state index in [9.17, 15) is 4.79 Å². The molecule has 2 N–H and O–H groups in total. The van der Waals surface area contributed by atoms with Crippen molar-refractivity contribution in [3.8, 4) is 11.5 Å². The highest BCUT2D eigenvalue weighted by Gasteiger charge is 2.32. The molecular formula is C27H31N7OS. The number of hydrogen-bond acceptors (Lipinski definition) is 7. The summed E-state index contributed by atoms with van der Waals surface area (Å²) in [5.41, 5.74) is 9.57. The molecule has 36 heavy (non-hydrogen) atoms. The van der Waals surface area contributed by atoms with Crippen LogP contribution in [-0.2, 0) is 11.3 Å². The number of nitrogens with zero attached hydrogens (tertiary/aromatic N) is 6. The van der Waals surface area contributed by atoms with E-state index in [1.165, 1.54) is 4.88 Å². The molecule has 0 unspecified atom stereocenters. The van der Waals surface area contributed by atoms with Gasteiger partial charge in [-0.05, 0) is 74.5 Å². The summed E-state index contributed by atoms with van der Waals surface area (Å²) in [7, 11) is 0. The van der Waals surface area contributed by atoms with Gasteiger partial charge >= 0.3 is 0 Å². The average Bonchev–Trinajstić information content (AvgIpc) is 3.52. The average molecular weight is 502 g/mol. The molecule has 2 saturated heterocycles. The van der Waals surface area contributed by atoms with Crippen LogP contribution in [0.15, 0.2) is 54.2 Å². The fraction of sp³-hybridized carbons (Fsp3) is 0.407. The molecule has 2 aliphatic heterocycles. The summed E-state index contributed by atoms with van der Waals surface area (Å²) < 4.78 is 2.24. The van der Waals surface area contributed by atoms with Crippen molar-refractivity contribution in [1.82, 2.24) is 29.3 Å². The molecule has 6 rings (SSSR count). The number of rotatable bonds is 5. The Kier molecular flexibility index (Phi) is 6.41. The lowest BCUT2D eigenvalue weighted by molar-refractivity contribution is -0.138. The number of likely N-dealkylation sites (tertiary alicyclic amines) is 2. The normalized spacial score (nSPS) is 18.2. The summed E-state index contributed by atoms with van der Waals surface area (Å²) in [6, 6.07) is 12.0. The zero-order chi connectivity index (χ0) is 24.5. The molecule has 2 fully saturated rings. The number of imidazole rings is 1. The van der Waals surface area contributed by atoms with Gasteiger partial charge in [0.25, 0.3) is 0 Å². The summed E-state index contributed by atoms with van der Waals surface area (Å²) in [5, 5.41) is 2.05. The number of anilines is 1. The van der Waals surface area contributed by atoms with Crippen LogP contribution in [0.25, 0.3) is 22.7 Å². The molecule has 6 heterocycles. The number of aromatic nitrogens is 4. The van der Waals surface area contributed by atoms with Crippen molar-refractivity contribution in [2.24, 2.45) is 5.92 Å². The lowest BCUT2D eigenvalue weighted by Crippen LogP contribution is -2.45. The molecule has 2 aliphatic rings. The third-order valence-corrected chi connectivity index (χ3v) is 8.49. The molecule has 8 nitrogen and oxygen atoms in total. The molecule has 9 heteroatoms. The number of amides is 1. The third-order valence-electron chi connectivity index (χ3n) is 7.57. The number of carbonyl (C=O) groups is 1. The highest BCUT2D eigenvalue weighted by Crippen LogP contribution is 2.33. The molecule has 0 aliphatic carbocycles. The molecular weight excluding hydrogens is 470 g/mol. The topological polar surface area (TPSA) is 93.2 Å². The van der Waals surface area contributed by atoms with Gasteiger partial charge in [-0.2, -0.15) is 0 Å². The lowest BCUT2D eigenvalue weighted by Gasteiger charge is -2.37. The summed E-state index contributed by atoms with van der Waals surface area (Å²) in [6.07, 6.45) is 7.25. The van der Waals surface area contributed by atoms with Crippen LogP contribution in [-0.4, -0.2) is 61.4 Å². The Balaban J connectivity index is 1.11. The van der Waals surface area contributed by atoms with Crippen LogP contribution in [0.1, 0.15) is 36.6 Å². The van der Waals surface area contributed by atoms with Gasteiger partial charge in [-0.15, -0.1) is 11.3 Å². The predicted molar refractivity (Wildman–Crippen MR) is 142 cm³/mol. The van der Waals surface area contributed by atoms with Gasteiger partial charge in [0.2, 0.25) is 5.91 Å². The first-order valence-corrected chi connectivity index (χ1v) is 13.6. The maximum Gasteiger partial charge on any atom is 0.225 e. The van der Waals surface area contributed by atoms with E-state index in [-0.39, 0.29) is 12.0 Å². The number of fused-ring (bicyclic) bond motifs is 1. The number of nitrogens with two attached hydrogens (primary N) is 1. The fourth-order valence-corrected chi connectivity index (χ4v) is 6.41. The van der Waals surface area contributed by atoms with Crippen LogP contribution < -0.4 is 5.73 Å². The van der Waals surface area contributed by atoms with Crippen LogP contribution in [0.5, 0.6) is 0 Å². The SMILES string of the molecule is Nc1ccsc1CN1CCC(C(=O)N2CCC(n3c(-c4ccccn4)nc4cccnc43)CC2)CC1. The molecule has 0 spiro atoms. The summed E-state index contributed by atoms with van der Waals surface area (Å²) in [5.74, 6) is 1.30.